The third-order valence-electron chi connectivity index (χ3n) is 5.53. The molecule has 1 unspecified atom stereocenters. The predicted molar refractivity (Wildman–Crippen MR) is 131 cm³/mol. The minimum Gasteiger partial charge on any atom is -0.492 e. The van der Waals surface area contributed by atoms with E-state index in [-0.39, 0.29) is 5.97 Å². The Bertz CT molecular complexity index is 1180. The van der Waals surface area contributed by atoms with Gasteiger partial charge in [0.15, 0.2) is 0 Å². The second-order valence-corrected chi connectivity index (χ2v) is 9.03. The van der Waals surface area contributed by atoms with Crippen LogP contribution < -0.4 is 10.1 Å². The van der Waals surface area contributed by atoms with Crippen LogP contribution in [0.4, 0.5) is 0 Å². The summed E-state index contributed by atoms with van der Waals surface area (Å²) in [6.45, 7) is 4.33. The number of ether oxygens (including phenoxy) is 2. The average Bonchev–Trinajstić information content (AvgIpc) is 3.50. The summed E-state index contributed by atoms with van der Waals surface area (Å²) in [4.78, 5) is 18.2. The number of amidine groups is 1. The molecular formula is C26H27N3O3S. The fourth-order valence-corrected chi connectivity index (χ4v) is 4.98. The number of nitriles is 1. The van der Waals surface area contributed by atoms with Crippen molar-refractivity contribution >= 4 is 33.2 Å². The van der Waals surface area contributed by atoms with Crippen molar-refractivity contribution in [3.05, 3.63) is 64.5 Å². The normalized spacial score (nSPS) is 13.9. The van der Waals surface area contributed by atoms with Crippen LogP contribution in [0.2, 0.25) is 0 Å². The van der Waals surface area contributed by atoms with Gasteiger partial charge in [0.25, 0.3) is 0 Å². The number of thiophene rings is 1. The molecule has 0 fully saturated rings. The van der Waals surface area contributed by atoms with Crippen molar-refractivity contribution in [2.45, 2.75) is 32.1 Å². The summed E-state index contributed by atoms with van der Waals surface area (Å²) in [5, 5.41) is 13.5. The van der Waals surface area contributed by atoms with Gasteiger partial charge in [0, 0.05) is 22.5 Å². The van der Waals surface area contributed by atoms with Gasteiger partial charge in [-0.05, 0) is 67.1 Å². The first kappa shape index (κ1) is 22.8. The van der Waals surface area contributed by atoms with Crippen molar-refractivity contribution < 1.29 is 14.3 Å². The van der Waals surface area contributed by atoms with E-state index in [1.54, 1.807) is 11.3 Å². The maximum Gasteiger partial charge on any atom is 0.313 e. The maximum absolute atomic E-state index is 12.8. The molecule has 7 heteroatoms. The lowest BCUT2D eigenvalue weighted by atomic mass is 9.95. The van der Waals surface area contributed by atoms with Gasteiger partial charge in [-0.2, -0.15) is 5.26 Å². The van der Waals surface area contributed by atoms with E-state index in [0.717, 1.165) is 51.5 Å². The lowest BCUT2D eigenvalue weighted by Gasteiger charge is -2.16. The Morgan fingerprint density at radius 2 is 2.09 bits per heavy atom. The molecule has 0 saturated carbocycles. The highest BCUT2D eigenvalue weighted by Gasteiger charge is 2.23. The largest absolute Gasteiger partial charge is 0.492 e. The number of rotatable bonds is 9. The highest BCUT2D eigenvalue weighted by Crippen LogP contribution is 2.32. The molecule has 2 heterocycles. The molecule has 1 aliphatic rings. The van der Waals surface area contributed by atoms with Crippen molar-refractivity contribution in [2.75, 3.05) is 26.3 Å². The summed E-state index contributed by atoms with van der Waals surface area (Å²) in [5.74, 6) is 1.20. The molecule has 1 N–H and O–H groups in total. The van der Waals surface area contributed by atoms with Gasteiger partial charge in [-0.3, -0.25) is 9.79 Å². The summed E-state index contributed by atoms with van der Waals surface area (Å²) in [7, 11) is 0. The molecule has 170 valence electrons. The van der Waals surface area contributed by atoms with Crippen LogP contribution in [0.5, 0.6) is 5.75 Å². The maximum atomic E-state index is 12.8. The van der Waals surface area contributed by atoms with Gasteiger partial charge in [0.2, 0.25) is 0 Å². The van der Waals surface area contributed by atoms with E-state index in [1.165, 1.54) is 0 Å². The van der Waals surface area contributed by atoms with Gasteiger partial charge in [-0.15, -0.1) is 11.3 Å². The molecule has 1 atom stereocenters. The van der Waals surface area contributed by atoms with E-state index in [1.807, 2.05) is 49.4 Å². The van der Waals surface area contributed by atoms with Gasteiger partial charge < -0.3 is 14.8 Å². The Morgan fingerprint density at radius 3 is 2.82 bits per heavy atom. The van der Waals surface area contributed by atoms with Gasteiger partial charge >= 0.3 is 5.97 Å². The second kappa shape index (κ2) is 11.0. The van der Waals surface area contributed by atoms with E-state index < -0.39 is 5.92 Å². The zero-order valence-corrected chi connectivity index (χ0v) is 19.5. The number of carbonyl (C=O) groups excluding carboxylic acids is 1. The molecule has 1 aliphatic heterocycles. The number of benzene rings is 2. The van der Waals surface area contributed by atoms with Crippen LogP contribution in [0.25, 0.3) is 10.1 Å². The van der Waals surface area contributed by atoms with Crippen LogP contribution in [-0.4, -0.2) is 38.1 Å². The van der Waals surface area contributed by atoms with Gasteiger partial charge in [0.1, 0.15) is 12.4 Å². The lowest BCUT2D eigenvalue weighted by Crippen LogP contribution is -2.26. The Morgan fingerprint density at radius 1 is 1.24 bits per heavy atom. The quantitative estimate of drug-likeness (QED) is 0.365. The smallest absolute Gasteiger partial charge is 0.313 e. The minimum absolute atomic E-state index is 0.233. The number of aliphatic imine (C=N–C) groups is 1. The summed E-state index contributed by atoms with van der Waals surface area (Å²) < 4.78 is 12.3. The fraction of sp³-hybridized carbons (Fsp3) is 0.346. The number of carbonyl (C=O) groups is 1. The summed E-state index contributed by atoms with van der Waals surface area (Å²) in [6.07, 6.45) is 2.68. The average molecular weight is 462 g/mol. The Balaban J connectivity index is 1.43. The number of hydrogen-bond acceptors (Lipinski definition) is 7. The molecule has 6 nitrogen and oxygen atoms in total. The third kappa shape index (κ3) is 5.91. The molecule has 3 aromatic rings. The van der Waals surface area contributed by atoms with E-state index >= 15 is 0 Å². The van der Waals surface area contributed by atoms with Crippen LogP contribution in [-0.2, 0) is 16.0 Å². The molecule has 0 spiro atoms. The molecule has 1 aromatic heterocycles. The second-order valence-electron chi connectivity index (χ2n) is 7.86. The highest BCUT2D eigenvalue weighted by molar-refractivity contribution is 7.19. The Kier molecular flexibility index (Phi) is 7.59. The molecule has 0 saturated heterocycles. The summed E-state index contributed by atoms with van der Waals surface area (Å²) >= 11 is 1.64. The van der Waals surface area contributed by atoms with Crippen LogP contribution >= 0.6 is 11.3 Å². The zero-order chi connectivity index (χ0) is 23.0. The first-order valence-corrected chi connectivity index (χ1v) is 12.1. The molecule has 0 amide bonds. The fourth-order valence-electron chi connectivity index (χ4n) is 3.89. The van der Waals surface area contributed by atoms with Crippen molar-refractivity contribution in [1.29, 1.82) is 5.26 Å². The number of hydrogen-bond donors (Lipinski definition) is 1. The monoisotopic (exact) mass is 461 g/mol. The van der Waals surface area contributed by atoms with Crippen molar-refractivity contribution in [3.8, 4) is 11.8 Å². The topological polar surface area (TPSA) is 83.7 Å². The van der Waals surface area contributed by atoms with Crippen LogP contribution in [0.1, 0.15) is 41.7 Å². The van der Waals surface area contributed by atoms with Crippen molar-refractivity contribution in [3.63, 3.8) is 0 Å². The van der Waals surface area contributed by atoms with Gasteiger partial charge in [-0.25, -0.2) is 0 Å². The first-order valence-electron chi connectivity index (χ1n) is 11.3. The van der Waals surface area contributed by atoms with E-state index in [0.29, 0.717) is 31.7 Å². The molecule has 0 radical (unpaired) electrons. The summed E-state index contributed by atoms with van der Waals surface area (Å²) in [6, 6.07) is 17.6. The first-order chi connectivity index (χ1) is 16.2. The predicted octanol–water partition coefficient (Wildman–Crippen LogP) is 4.82. The van der Waals surface area contributed by atoms with Gasteiger partial charge in [0.05, 0.1) is 36.5 Å². The highest BCUT2D eigenvalue weighted by atomic mass is 32.1. The number of fused-ring (bicyclic) bond motifs is 1. The lowest BCUT2D eigenvalue weighted by molar-refractivity contribution is -0.144. The molecule has 33 heavy (non-hydrogen) atoms. The Hall–Kier alpha value is -3.37. The van der Waals surface area contributed by atoms with Crippen molar-refractivity contribution in [1.82, 2.24) is 5.32 Å². The van der Waals surface area contributed by atoms with E-state index in [2.05, 4.69) is 22.4 Å². The van der Waals surface area contributed by atoms with Crippen LogP contribution in [0, 0.1) is 11.3 Å². The molecule has 4 rings (SSSR count). The number of nitrogens with zero attached hydrogens (tertiary/aromatic N) is 2. The molecule has 2 aromatic carbocycles. The zero-order valence-electron chi connectivity index (χ0n) is 18.7. The molecular weight excluding hydrogens is 434 g/mol. The standard InChI is InChI=1S/C26H27N3O3S/c1-2-31-26(30)23(16-22-15-20-14-18(17-27)5-10-24(20)33-22)19-6-8-21(9-7-19)32-13-12-29-25-4-3-11-28-25/h5-10,14-15,23H,2-4,11-13,16H2,1H3,(H,28,29). The summed E-state index contributed by atoms with van der Waals surface area (Å²) in [5.41, 5.74) is 1.53. The Labute approximate surface area is 197 Å². The number of esters is 1. The van der Waals surface area contributed by atoms with Crippen LogP contribution in [0.15, 0.2) is 53.5 Å². The third-order valence-corrected chi connectivity index (χ3v) is 6.67. The van der Waals surface area contributed by atoms with Crippen LogP contribution in [0.3, 0.4) is 0 Å². The van der Waals surface area contributed by atoms with E-state index in [9.17, 15) is 4.79 Å². The van der Waals surface area contributed by atoms with Gasteiger partial charge in [-0.1, -0.05) is 12.1 Å². The minimum atomic E-state index is -0.399. The molecule has 0 bridgehead atoms. The number of nitrogens with one attached hydrogen (secondary N) is 1. The van der Waals surface area contributed by atoms with E-state index in [4.69, 9.17) is 14.7 Å². The van der Waals surface area contributed by atoms with Crippen molar-refractivity contribution in [2.24, 2.45) is 4.99 Å². The SMILES string of the molecule is CCOC(=O)C(Cc1cc2cc(C#N)ccc2s1)c1ccc(OCCNC2=NCCC2)cc1. The molecule has 0 aliphatic carbocycles.